The lowest BCUT2D eigenvalue weighted by atomic mass is 10.1. The maximum atomic E-state index is 11.4. The van der Waals surface area contributed by atoms with Crippen LogP contribution in [0.25, 0.3) is 21.8 Å². The van der Waals surface area contributed by atoms with E-state index in [9.17, 15) is 9.59 Å². The van der Waals surface area contributed by atoms with Crippen molar-refractivity contribution in [3.63, 3.8) is 0 Å². The number of esters is 1. The van der Waals surface area contributed by atoms with E-state index in [1.54, 1.807) is 37.4 Å². The Balaban J connectivity index is 0.000000152. The van der Waals surface area contributed by atoms with Crippen molar-refractivity contribution in [2.24, 2.45) is 0 Å². The van der Waals surface area contributed by atoms with Gasteiger partial charge in [-0.25, -0.2) is 9.59 Å². The fraction of sp³-hybridized carbons (Fsp3) is 0.100. The van der Waals surface area contributed by atoms with Gasteiger partial charge in [-0.15, -0.1) is 0 Å². The number of carboxylic acids is 1. The highest BCUT2D eigenvalue weighted by Crippen LogP contribution is 2.15. The summed E-state index contributed by atoms with van der Waals surface area (Å²) in [7, 11) is 0. The second kappa shape index (κ2) is 7.57. The lowest BCUT2D eigenvalue weighted by Gasteiger charge is -2.00. The van der Waals surface area contributed by atoms with Crippen molar-refractivity contribution < 1.29 is 19.4 Å². The van der Waals surface area contributed by atoms with Gasteiger partial charge in [-0.05, 0) is 55.5 Å². The molecule has 0 aliphatic carbocycles. The fourth-order valence-electron chi connectivity index (χ4n) is 2.58. The number of nitrogens with one attached hydrogen (secondary N) is 2. The minimum atomic E-state index is -0.891. The summed E-state index contributed by atoms with van der Waals surface area (Å²) in [5.41, 5.74) is 2.90. The minimum absolute atomic E-state index is 0.268. The monoisotopic (exact) mass is 350 g/mol. The molecule has 0 fully saturated rings. The van der Waals surface area contributed by atoms with E-state index in [1.807, 2.05) is 30.5 Å². The molecule has 3 N–H and O–H groups in total. The predicted molar refractivity (Wildman–Crippen MR) is 99.5 cm³/mol. The maximum absolute atomic E-state index is 11.4. The summed E-state index contributed by atoms with van der Waals surface area (Å²) in [4.78, 5) is 28.0. The standard InChI is InChI=1S/C11H11NO2.C9H7NO2/c1-2-14-11(13)9-3-4-10-8(7-9)5-6-12-10;11-9(12)7-1-2-8-6(5-7)3-4-10-8/h3-7,12H,2H2,1H3;1-5,10H,(H,11,12). The molecule has 26 heavy (non-hydrogen) atoms. The third kappa shape index (κ3) is 3.75. The minimum Gasteiger partial charge on any atom is -0.478 e. The first-order valence-electron chi connectivity index (χ1n) is 8.13. The Labute approximate surface area is 149 Å². The van der Waals surface area contributed by atoms with Crippen molar-refractivity contribution in [2.45, 2.75) is 6.92 Å². The van der Waals surface area contributed by atoms with Gasteiger partial charge in [0.05, 0.1) is 17.7 Å². The fourth-order valence-corrected chi connectivity index (χ4v) is 2.58. The molecule has 0 atom stereocenters. The van der Waals surface area contributed by atoms with E-state index in [0.717, 1.165) is 21.8 Å². The SMILES string of the molecule is CCOC(=O)c1ccc2[nH]ccc2c1.O=C(O)c1ccc2[nH]ccc2c1. The molecule has 2 aromatic heterocycles. The molecule has 0 unspecified atom stereocenters. The van der Waals surface area contributed by atoms with E-state index in [-0.39, 0.29) is 5.97 Å². The van der Waals surface area contributed by atoms with E-state index in [0.29, 0.717) is 17.7 Å². The summed E-state index contributed by atoms with van der Waals surface area (Å²) < 4.78 is 4.90. The van der Waals surface area contributed by atoms with E-state index in [2.05, 4.69) is 9.97 Å². The quantitative estimate of drug-likeness (QED) is 0.482. The van der Waals surface area contributed by atoms with Crippen LogP contribution in [0.3, 0.4) is 0 Å². The molecule has 4 aromatic rings. The highest BCUT2D eigenvalue weighted by molar-refractivity contribution is 5.94. The molecule has 0 radical (unpaired) electrons. The Morgan fingerprint density at radius 2 is 1.42 bits per heavy atom. The van der Waals surface area contributed by atoms with Gasteiger partial charge in [-0.1, -0.05) is 0 Å². The molecular weight excluding hydrogens is 332 g/mol. The van der Waals surface area contributed by atoms with E-state index in [4.69, 9.17) is 9.84 Å². The third-order valence-corrected chi connectivity index (χ3v) is 3.86. The Hall–Kier alpha value is -3.54. The van der Waals surface area contributed by atoms with Crippen molar-refractivity contribution >= 4 is 33.7 Å². The van der Waals surface area contributed by atoms with Crippen LogP contribution in [0.1, 0.15) is 27.6 Å². The summed E-state index contributed by atoms with van der Waals surface area (Å²) >= 11 is 0. The highest BCUT2D eigenvalue weighted by Gasteiger charge is 2.06. The number of ether oxygens (including phenoxy) is 1. The highest BCUT2D eigenvalue weighted by atomic mass is 16.5. The number of rotatable bonds is 3. The van der Waals surface area contributed by atoms with Crippen LogP contribution in [0, 0.1) is 0 Å². The Kier molecular flexibility index (Phi) is 5.03. The summed E-state index contributed by atoms with van der Waals surface area (Å²) in [5, 5.41) is 10.6. The number of carbonyl (C=O) groups is 2. The average molecular weight is 350 g/mol. The van der Waals surface area contributed by atoms with Crippen molar-refractivity contribution in [2.75, 3.05) is 6.61 Å². The molecule has 6 heteroatoms. The van der Waals surface area contributed by atoms with Gasteiger partial charge in [0.2, 0.25) is 0 Å². The zero-order valence-corrected chi connectivity index (χ0v) is 14.2. The molecule has 0 bridgehead atoms. The first kappa shape index (κ1) is 17.3. The second-order valence-electron chi connectivity index (χ2n) is 5.59. The van der Waals surface area contributed by atoms with Crippen LogP contribution in [0.15, 0.2) is 60.9 Å². The molecule has 6 nitrogen and oxygen atoms in total. The number of hydrogen-bond acceptors (Lipinski definition) is 3. The molecule has 0 saturated heterocycles. The zero-order valence-electron chi connectivity index (χ0n) is 14.2. The Bertz CT molecular complexity index is 1060. The summed E-state index contributed by atoms with van der Waals surface area (Å²) in [6.45, 7) is 2.21. The van der Waals surface area contributed by atoms with Crippen molar-refractivity contribution in [1.29, 1.82) is 0 Å². The third-order valence-electron chi connectivity index (χ3n) is 3.86. The van der Waals surface area contributed by atoms with Crippen LogP contribution >= 0.6 is 0 Å². The van der Waals surface area contributed by atoms with E-state index >= 15 is 0 Å². The number of H-pyrrole nitrogens is 2. The molecule has 2 aromatic carbocycles. The Morgan fingerprint density at radius 3 is 1.96 bits per heavy atom. The Morgan fingerprint density at radius 1 is 0.885 bits per heavy atom. The van der Waals surface area contributed by atoms with E-state index < -0.39 is 5.97 Å². The summed E-state index contributed by atoms with van der Waals surface area (Å²) in [6, 6.07) is 14.2. The molecule has 0 saturated carbocycles. The first-order valence-corrected chi connectivity index (χ1v) is 8.13. The van der Waals surface area contributed by atoms with Crippen molar-refractivity contribution in [3.05, 3.63) is 72.1 Å². The number of aromatic nitrogens is 2. The van der Waals surface area contributed by atoms with Gasteiger partial charge < -0.3 is 19.8 Å². The van der Waals surface area contributed by atoms with Crippen LogP contribution in [-0.4, -0.2) is 33.6 Å². The summed E-state index contributed by atoms with van der Waals surface area (Å²) in [5.74, 6) is -1.16. The predicted octanol–water partition coefficient (Wildman–Crippen LogP) is 4.21. The molecule has 0 spiro atoms. The van der Waals surface area contributed by atoms with Gasteiger partial charge >= 0.3 is 11.9 Å². The average Bonchev–Trinajstić information content (AvgIpc) is 3.30. The van der Waals surface area contributed by atoms with Crippen LogP contribution in [-0.2, 0) is 4.74 Å². The smallest absolute Gasteiger partial charge is 0.338 e. The van der Waals surface area contributed by atoms with Crippen LogP contribution in [0.5, 0.6) is 0 Å². The lowest BCUT2D eigenvalue weighted by molar-refractivity contribution is 0.0526. The van der Waals surface area contributed by atoms with Gasteiger partial charge in [-0.3, -0.25) is 0 Å². The molecular formula is C20H18N2O4. The number of carbonyl (C=O) groups excluding carboxylic acids is 1. The number of aromatic amines is 2. The normalized spacial score (nSPS) is 10.3. The van der Waals surface area contributed by atoms with Gasteiger partial charge in [0.25, 0.3) is 0 Å². The van der Waals surface area contributed by atoms with E-state index in [1.165, 1.54) is 0 Å². The molecule has 132 valence electrons. The second-order valence-corrected chi connectivity index (χ2v) is 5.59. The summed E-state index contributed by atoms with van der Waals surface area (Å²) in [6.07, 6.45) is 3.63. The lowest BCUT2D eigenvalue weighted by Crippen LogP contribution is -2.03. The zero-order chi connectivity index (χ0) is 18.5. The van der Waals surface area contributed by atoms with Crippen molar-refractivity contribution in [1.82, 2.24) is 9.97 Å². The topological polar surface area (TPSA) is 95.2 Å². The van der Waals surface area contributed by atoms with Crippen LogP contribution < -0.4 is 0 Å². The number of benzene rings is 2. The maximum Gasteiger partial charge on any atom is 0.338 e. The van der Waals surface area contributed by atoms with Gasteiger partial charge in [0, 0.05) is 34.2 Å². The molecule has 0 amide bonds. The molecule has 4 rings (SSSR count). The van der Waals surface area contributed by atoms with Gasteiger partial charge in [0.15, 0.2) is 0 Å². The van der Waals surface area contributed by atoms with Gasteiger partial charge in [0.1, 0.15) is 0 Å². The largest absolute Gasteiger partial charge is 0.478 e. The molecule has 2 heterocycles. The number of carboxylic acid groups (broad SMARTS) is 1. The first-order chi connectivity index (χ1) is 12.6. The van der Waals surface area contributed by atoms with Gasteiger partial charge in [-0.2, -0.15) is 0 Å². The molecule has 0 aliphatic heterocycles. The number of aromatic carboxylic acids is 1. The van der Waals surface area contributed by atoms with Crippen LogP contribution in [0.4, 0.5) is 0 Å². The number of fused-ring (bicyclic) bond motifs is 2. The number of hydrogen-bond donors (Lipinski definition) is 3. The van der Waals surface area contributed by atoms with Crippen LogP contribution in [0.2, 0.25) is 0 Å². The van der Waals surface area contributed by atoms with Crippen molar-refractivity contribution in [3.8, 4) is 0 Å². The molecule has 0 aliphatic rings.